The Hall–Kier alpha value is -2.03. The van der Waals surface area contributed by atoms with Crippen LogP contribution in [0.4, 0.5) is 13.2 Å². The molecule has 1 fully saturated rings. The van der Waals surface area contributed by atoms with Crippen LogP contribution in [0.3, 0.4) is 0 Å². The number of likely N-dealkylation sites (tertiary alicyclic amines) is 1. The number of ether oxygens (including phenoxy) is 2. The van der Waals surface area contributed by atoms with E-state index in [4.69, 9.17) is 9.47 Å². The number of pyridine rings is 1. The smallest absolute Gasteiger partial charge is 0.417 e. The molecule has 0 amide bonds. The Balaban J connectivity index is 1.73. The van der Waals surface area contributed by atoms with Gasteiger partial charge in [-0.2, -0.15) is 13.2 Å². The van der Waals surface area contributed by atoms with Crippen molar-refractivity contribution >= 4 is 5.96 Å². The van der Waals surface area contributed by atoms with Crippen molar-refractivity contribution in [2.75, 3.05) is 47.0 Å². The molecule has 0 saturated carbocycles. The first-order valence-corrected chi connectivity index (χ1v) is 8.04. The minimum Gasteiger partial charge on any atom is -0.476 e. The molecule has 2 heterocycles. The van der Waals surface area contributed by atoms with E-state index in [1.54, 1.807) is 14.2 Å². The lowest BCUT2D eigenvalue weighted by atomic mass is 10.1. The van der Waals surface area contributed by atoms with Crippen LogP contribution in [0, 0.1) is 5.92 Å². The lowest BCUT2D eigenvalue weighted by Gasteiger charge is -2.21. The van der Waals surface area contributed by atoms with Gasteiger partial charge >= 0.3 is 6.18 Å². The number of nitrogens with zero attached hydrogens (tertiary/aromatic N) is 3. The number of alkyl halides is 3. The van der Waals surface area contributed by atoms with E-state index < -0.39 is 11.7 Å². The molecule has 25 heavy (non-hydrogen) atoms. The first-order chi connectivity index (χ1) is 11.9. The van der Waals surface area contributed by atoms with Crippen LogP contribution >= 0.6 is 0 Å². The molecule has 1 unspecified atom stereocenters. The summed E-state index contributed by atoms with van der Waals surface area (Å²) >= 11 is 0. The number of aliphatic imine (C=N–C) groups is 1. The van der Waals surface area contributed by atoms with Crippen molar-refractivity contribution in [3.05, 3.63) is 23.9 Å². The molecule has 1 aliphatic rings. The fourth-order valence-corrected chi connectivity index (χ4v) is 2.68. The van der Waals surface area contributed by atoms with Crippen molar-refractivity contribution in [3.63, 3.8) is 0 Å². The zero-order valence-electron chi connectivity index (χ0n) is 14.3. The highest BCUT2D eigenvalue weighted by Gasteiger charge is 2.30. The molecule has 9 heteroatoms. The minimum absolute atomic E-state index is 0.158. The largest absolute Gasteiger partial charge is 0.476 e. The van der Waals surface area contributed by atoms with Gasteiger partial charge < -0.3 is 19.7 Å². The molecule has 0 aromatic carbocycles. The molecule has 1 N–H and O–H groups in total. The summed E-state index contributed by atoms with van der Waals surface area (Å²) in [6, 6.07) is 2.17. The van der Waals surface area contributed by atoms with Crippen molar-refractivity contribution in [1.82, 2.24) is 15.2 Å². The molecule has 1 aromatic rings. The number of nitrogens with one attached hydrogen (secondary N) is 1. The van der Waals surface area contributed by atoms with Gasteiger partial charge in [-0.1, -0.05) is 0 Å². The fourth-order valence-electron chi connectivity index (χ4n) is 2.68. The normalized spacial score (nSPS) is 18.5. The Morgan fingerprint density at radius 3 is 2.84 bits per heavy atom. The molecular weight excluding hydrogens is 337 g/mol. The van der Waals surface area contributed by atoms with Gasteiger partial charge in [0.1, 0.15) is 6.61 Å². The third-order valence-electron chi connectivity index (χ3n) is 3.90. The van der Waals surface area contributed by atoms with Gasteiger partial charge in [0.15, 0.2) is 5.96 Å². The van der Waals surface area contributed by atoms with Gasteiger partial charge in [-0.3, -0.25) is 4.99 Å². The SMILES string of the molecule is CN=C(NCCOc1ccc(C(F)(F)F)cn1)N1CCC(COC)C1. The fraction of sp³-hybridized carbons (Fsp3) is 0.625. The maximum Gasteiger partial charge on any atom is 0.417 e. The number of methoxy groups -OCH3 is 1. The van der Waals surface area contributed by atoms with Gasteiger partial charge in [-0.15, -0.1) is 0 Å². The summed E-state index contributed by atoms with van der Waals surface area (Å²) in [4.78, 5) is 10.1. The Morgan fingerprint density at radius 1 is 1.44 bits per heavy atom. The number of hydrogen-bond donors (Lipinski definition) is 1. The molecule has 1 saturated heterocycles. The molecule has 0 radical (unpaired) electrons. The maximum atomic E-state index is 12.5. The summed E-state index contributed by atoms with van der Waals surface area (Å²) in [7, 11) is 3.41. The first-order valence-electron chi connectivity index (χ1n) is 8.04. The molecule has 1 atom stereocenters. The molecule has 140 valence electrons. The molecular formula is C16H23F3N4O2. The zero-order valence-corrected chi connectivity index (χ0v) is 14.3. The quantitative estimate of drug-likeness (QED) is 0.478. The van der Waals surface area contributed by atoms with Crippen LogP contribution in [0.2, 0.25) is 0 Å². The zero-order chi connectivity index (χ0) is 18.3. The van der Waals surface area contributed by atoms with E-state index in [0.29, 0.717) is 12.5 Å². The third-order valence-corrected chi connectivity index (χ3v) is 3.90. The molecule has 1 aromatic heterocycles. The maximum absolute atomic E-state index is 12.5. The topological polar surface area (TPSA) is 59.0 Å². The van der Waals surface area contributed by atoms with Crippen molar-refractivity contribution in [2.45, 2.75) is 12.6 Å². The Kier molecular flexibility index (Phi) is 6.86. The molecule has 0 spiro atoms. The highest BCUT2D eigenvalue weighted by Crippen LogP contribution is 2.29. The van der Waals surface area contributed by atoms with E-state index in [9.17, 15) is 13.2 Å². The lowest BCUT2D eigenvalue weighted by molar-refractivity contribution is -0.137. The van der Waals surface area contributed by atoms with Crippen LogP contribution in [0.1, 0.15) is 12.0 Å². The van der Waals surface area contributed by atoms with Crippen LogP contribution in [-0.2, 0) is 10.9 Å². The van der Waals surface area contributed by atoms with Crippen molar-refractivity contribution in [2.24, 2.45) is 10.9 Å². The lowest BCUT2D eigenvalue weighted by Crippen LogP contribution is -2.41. The second kappa shape index (κ2) is 8.89. The van der Waals surface area contributed by atoms with Gasteiger partial charge in [-0.25, -0.2) is 4.98 Å². The summed E-state index contributed by atoms with van der Waals surface area (Å²) < 4.78 is 47.9. The van der Waals surface area contributed by atoms with E-state index in [2.05, 4.69) is 20.2 Å². The predicted molar refractivity (Wildman–Crippen MR) is 87.7 cm³/mol. The first kappa shape index (κ1) is 19.3. The predicted octanol–water partition coefficient (Wildman–Crippen LogP) is 2.02. The molecule has 1 aliphatic heterocycles. The Bertz CT molecular complexity index is 563. The summed E-state index contributed by atoms with van der Waals surface area (Å²) in [6.07, 6.45) is -2.57. The van der Waals surface area contributed by atoms with Gasteiger partial charge in [0.2, 0.25) is 5.88 Å². The standard InChI is InChI=1S/C16H23F3N4O2/c1-20-15(23-7-5-12(10-23)11-24-2)21-6-8-25-14-4-3-13(9-22-14)16(17,18)19/h3-4,9,12H,5-8,10-11H2,1-2H3,(H,20,21). The van der Waals surface area contributed by atoms with Crippen LogP contribution < -0.4 is 10.1 Å². The van der Waals surface area contributed by atoms with Crippen LogP contribution in [0.5, 0.6) is 5.88 Å². The van der Waals surface area contributed by atoms with Crippen LogP contribution in [0.25, 0.3) is 0 Å². The number of aromatic nitrogens is 1. The van der Waals surface area contributed by atoms with E-state index in [-0.39, 0.29) is 12.5 Å². The van der Waals surface area contributed by atoms with E-state index in [1.807, 2.05) is 0 Å². The second-order valence-corrected chi connectivity index (χ2v) is 5.76. The van der Waals surface area contributed by atoms with Gasteiger partial charge in [0, 0.05) is 45.4 Å². The number of hydrogen-bond acceptors (Lipinski definition) is 4. The summed E-state index contributed by atoms with van der Waals surface area (Å²) in [5.41, 5.74) is -0.793. The van der Waals surface area contributed by atoms with E-state index in [0.717, 1.165) is 44.3 Å². The minimum atomic E-state index is -4.39. The molecule has 0 aliphatic carbocycles. The highest BCUT2D eigenvalue weighted by atomic mass is 19.4. The second-order valence-electron chi connectivity index (χ2n) is 5.76. The summed E-state index contributed by atoms with van der Waals surface area (Å²) in [5, 5.41) is 3.18. The van der Waals surface area contributed by atoms with Gasteiger partial charge in [0.05, 0.1) is 18.7 Å². The average Bonchev–Trinajstić information content (AvgIpc) is 3.03. The summed E-state index contributed by atoms with van der Waals surface area (Å²) in [6.45, 7) is 3.27. The van der Waals surface area contributed by atoms with E-state index >= 15 is 0 Å². The molecule has 2 rings (SSSR count). The average molecular weight is 360 g/mol. The highest BCUT2D eigenvalue weighted by molar-refractivity contribution is 5.80. The van der Waals surface area contributed by atoms with Gasteiger partial charge in [-0.05, 0) is 12.5 Å². The monoisotopic (exact) mass is 360 g/mol. The molecule has 6 nitrogen and oxygen atoms in total. The summed E-state index contributed by atoms with van der Waals surface area (Å²) in [5.74, 6) is 1.44. The van der Waals surface area contributed by atoms with Crippen LogP contribution in [0.15, 0.2) is 23.3 Å². The molecule has 0 bridgehead atoms. The Labute approximate surface area is 145 Å². The van der Waals surface area contributed by atoms with E-state index in [1.165, 1.54) is 6.07 Å². The van der Waals surface area contributed by atoms with Crippen molar-refractivity contribution in [1.29, 1.82) is 0 Å². The Morgan fingerprint density at radius 2 is 2.24 bits per heavy atom. The number of halogens is 3. The van der Waals surface area contributed by atoms with Crippen LogP contribution in [-0.4, -0.2) is 62.8 Å². The van der Waals surface area contributed by atoms with Crippen molar-refractivity contribution < 1.29 is 22.6 Å². The van der Waals surface area contributed by atoms with Gasteiger partial charge in [0.25, 0.3) is 0 Å². The number of rotatable bonds is 6. The number of guanidine groups is 1. The van der Waals surface area contributed by atoms with Crippen molar-refractivity contribution in [3.8, 4) is 5.88 Å². The third kappa shape index (κ3) is 5.77.